The van der Waals surface area contributed by atoms with Crippen LogP contribution in [0.25, 0.3) is 0 Å². The van der Waals surface area contributed by atoms with Crippen molar-refractivity contribution in [1.82, 2.24) is 5.32 Å². The van der Waals surface area contributed by atoms with Gasteiger partial charge in [-0.25, -0.2) is 4.39 Å². The summed E-state index contributed by atoms with van der Waals surface area (Å²) in [7, 11) is 0. The van der Waals surface area contributed by atoms with E-state index in [0.717, 1.165) is 23.4 Å². The van der Waals surface area contributed by atoms with Crippen molar-refractivity contribution in [3.05, 3.63) is 59.3 Å². The maximum Gasteiger partial charge on any atom is 0.128 e. The number of furan rings is 1. The van der Waals surface area contributed by atoms with Crippen molar-refractivity contribution in [2.45, 2.75) is 19.9 Å². The van der Waals surface area contributed by atoms with Gasteiger partial charge < -0.3 is 9.73 Å². The smallest absolute Gasteiger partial charge is 0.128 e. The van der Waals surface area contributed by atoms with Gasteiger partial charge in [0, 0.05) is 0 Å². The van der Waals surface area contributed by atoms with E-state index in [-0.39, 0.29) is 11.9 Å². The minimum atomic E-state index is -0.222. The third-order valence-corrected chi connectivity index (χ3v) is 2.78. The molecule has 0 aliphatic carbocycles. The Morgan fingerprint density at radius 3 is 2.47 bits per heavy atom. The predicted octanol–water partition coefficient (Wildman–Crippen LogP) is 3.43. The molecule has 0 saturated heterocycles. The molecule has 1 aromatic carbocycles. The summed E-state index contributed by atoms with van der Waals surface area (Å²) < 4.78 is 18.4. The number of benzene rings is 1. The Balaban J connectivity index is 2.35. The number of halogens is 1. The molecule has 0 amide bonds. The van der Waals surface area contributed by atoms with E-state index in [2.05, 4.69) is 5.32 Å². The van der Waals surface area contributed by atoms with Gasteiger partial charge in [-0.3, -0.25) is 0 Å². The van der Waals surface area contributed by atoms with Crippen LogP contribution in [0.3, 0.4) is 0 Å². The first kappa shape index (κ1) is 11.9. The Morgan fingerprint density at radius 1 is 1.24 bits per heavy atom. The van der Waals surface area contributed by atoms with Gasteiger partial charge >= 0.3 is 0 Å². The van der Waals surface area contributed by atoms with Gasteiger partial charge in [0.1, 0.15) is 11.6 Å². The standard InChI is InChI=1S/C14H16FNO/c1-3-16-13(14-10(2)8-9-17-14)11-4-6-12(15)7-5-11/h4-9,13,16H,3H2,1-2H3. The highest BCUT2D eigenvalue weighted by molar-refractivity contribution is 5.30. The van der Waals surface area contributed by atoms with Gasteiger partial charge in [0.2, 0.25) is 0 Å². The van der Waals surface area contributed by atoms with Crippen molar-refractivity contribution >= 4 is 0 Å². The lowest BCUT2D eigenvalue weighted by molar-refractivity contribution is 0.449. The lowest BCUT2D eigenvalue weighted by Crippen LogP contribution is -2.22. The molecular weight excluding hydrogens is 217 g/mol. The number of rotatable bonds is 4. The second-order valence-corrected chi connectivity index (χ2v) is 4.01. The van der Waals surface area contributed by atoms with E-state index in [9.17, 15) is 4.39 Å². The Kier molecular flexibility index (Phi) is 3.59. The normalized spacial score (nSPS) is 12.6. The highest BCUT2D eigenvalue weighted by atomic mass is 19.1. The van der Waals surface area contributed by atoms with Gasteiger partial charge in [0.15, 0.2) is 0 Å². The molecule has 0 radical (unpaired) electrons. The van der Waals surface area contributed by atoms with Crippen LogP contribution in [0.4, 0.5) is 4.39 Å². The molecule has 3 heteroatoms. The molecule has 0 fully saturated rings. The van der Waals surface area contributed by atoms with E-state index in [4.69, 9.17) is 4.42 Å². The van der Waals surface area contributed by atoms with Crippen LogP contribution in [0, 0.1) is 12.7 Å². The molecule has 0 aliphatic heterocycles. The van der Waals surface area contributed by atoms with E-state index in [1.807, 2.05) is 19.9 Å². The van der Waals surface area contributed by atoms with Crippen LogP contribution >= 0.6 is 0 Å². The zero-order valence-electron chi connectivity index (χ0n) is 10.0. The largest absolute Gasteiger partial charge is 0.467 e. The van der Waals surface area contributed by atoms with Gasteiger partial charge in [-0.15, -0.1) is 0 Å². The third-order valence-electron chi connectivity index (χ3n) is 2.78. The summed E-state index contributed by atoms with van der Waals surface area (Å²) >= 11 is 0. The Morgan fingerprint density at radius 2 is 1.94 bits per heavy atom. The summed E-state index contributed by atoms with van der Waals surface area (Å²) in [6, 6.07) is 8.42. The van der Waals surface area contributed by atoms with Crippen LogP contribution in [0.15, 0.2) is 41.0 Å². The summed E-state index contributed by atoms with van der Waals surface area (Å²) in [6.07, 6.45) is 1.68. The maximum atomic E-state index is 12.9. The summed E-state index contributed by atoms with van der Waals surface area (Å²) in [5.74, 6) is 0.665. The zero-order valence-corrected chi connectivity index (χ0v) is 10.0. The minimum absolute atomic E-state index is 0.0180. The molecule has 1 N–H and O–H groups in total. The number of hydrogen-bond acceptors (Lipinski definition) is 2. The monoisotopic (exact) mass is 233 g/mol. The van der Waals surface area contributed by atoms with E-state index in [0.29, 0.717) is 0 Å². The molecular formula is C14H16FNO. The summed E-state index contributed by atoms with van der Waals surface area (Å²) in [5.41, 5.74) is 2.10. The first-order valence-corrected chi connectivity index (χ1v) is 5.75. The Hall–Kier alpha value is -1.61. The average molecular weight is 233 g/mol. The minimum Gasteiger partial charge on any atom is -0.467 e. The summed E-state index contributed by atoms with van der Waals surface area (Å²) in [4.78, 5) is 0. The molecule has 1 heterocycles. The molecule has 1 aromatic heterocycles. The molecule has 90 valence electrons. The first-order chi connectivity index (χ1) is 8.22. The molecule has 2 nitrogen and oxygen atoms in total. The first-order valence-electron chi connectivity index (χ1n) is 5.75. The molecule has 0 spiro atoms. The third kappa shape index (κ3) is 2.56. The number of nitrogens with one attached hydrogen (secondary N) is 1. The van der Waals surface area contributed by atoms with Crippen LogP contribution in [0.2, 0.25) is 0 Å². The van der Waals surface area contributed by atoms with Crippen molar-refractivity contribution in [2.75, 3.05) is 6.54 Å². The molecule has 0 bridgehead atoms. The second kappa shape index (κ2) is 5.15. The highest BCUT2D eigenvalue weighted by Gasteiger charge is 2.18. The topological polar surface area (TPSA) is 25.2 Å². The quantitative estimate of drug-likeness (QED) is 0.875. The second-order valence-electron chi connectivity index (χ2n) is 4.01. The highest BCUT2D eigenvalue weighted by Crippen LogP contribution is 2.25. The van der Waals surface area contributed by atoms with Crippen LogP contribution in [-0.4, -0.2) is 6.54 Å². The van der Waals surface area contributed by atoms with E-state index < -0.39 is 0 Å². The lowest BCUT2D eigenvalue weighted by atomic mass is 10.0. The summed E-state index contributed by atoms with van der Waals surface area (Å²) in [6.45, 7) is 4.86. The molecule has 17 heavy (non-hydrogen) atoms. The van der Waals surface area contributed by atoms with E-state index >= 15 is 0 Å². The molecule has 0 aliphatic rings. The van der Waals surface area contributed by atoms with Crippen LogP contribution in [0.1, 0.15) is 29.9 Å². The van der Waals surface area contributed by atoms with E-state index in [1.54, 1.807) is 18.4 Å². The molecule has 1 unspecified atom stereocenters. The van der Waals surface area contributed by atoms with Gasteiger partial charge in [-0.2, -0.15) is 0 Å². The molecule has 1 atom stereocenters. The van der Waals surface area contributed by atoms with Gasteiger partial charge in [0.25, 0.3) is 0 Å². The van der Waals surface area contributed by atoms with Crippen molar-refractivity contribution in [3.63, 3.8) is 0 Å². The van der Waals surface area contributed by atoms with E-state index in [1.165, 1.54) is 12.1 Å². The average Bonchev–Trinajstić information content (AvgIpc) is 2.74. The fourth-order valence-electron chi connectivity index (χ4n) is 1.90. The number of aryl methyl sites for hydroxylation is 1. The summed E-state index contributed by atoms with van der Waals surface area (Å²) in [5, 5.41) is 3.35. The lowest BCUT2D eigenvalue weighted by Gasteiger charge is -2.17. The van der Waals surface area contributed by atoms with Crippen LogP contribution in [0.5, 0.6) is 0 Å². The fourth-order valence-corrected chi connectivity index (χ4v) is 1.90. The Bertz CT molecular complexity index is 475. The van der Waals surface area contributed by atoms with Crippen molar-refractivity contribution in [2.24, 2.45) is 0 Å². The van der Waals surface area contributed by atoms with Crippen molar-refractivity contribution in [3.8, 4) is 0 Å². The Labute approximate surface area is 100 Å². The van der Waals surface area contributed by atoms with Crippen molar-refractivity contribution < 1.29 is 8.81 Å². The van der Waals surface area contributed by atoms with Crippen LogP contribution < -0.4 is 5.32 Å². The van der Waals surface area contributed by atoms with Crippen LogP contribution in [-0.2, 0) is 0 Å². The van der Waals surface area contributed by atoms with Gasteiger partial charge in [-0.1, -0.05) is 19.1 Å². The zero-order chi connectivity index (χ0) is 12.3. The SMILES string of the molecule is CCNC(c1ccc(F)cc1)c1occc1C. The molecule has 2 aromatic rings. The predicted molar refractivity (Wildman–Crippen MR) is 65.4 cm³/mol. The van der Waals surface area contributed by atoms with Gasteiger partial charge in [0.05, 0.1) is 12.3 Å². The molecule has 0 saturated carbocycles. The number of hydrogen-bond donors (Lipinski definition) is 1. The van der Waals surface area contributed by atoms with Crippen molar-refractivity contribution in [1.29, 1.82) is 0 Å². The fraction of sp³-hybridized carbons (Fsp3) is 0.286. The molecule has 2 rings (SSSR count). The maximum absolute atomic E-state index is 12.9. The van der Waals surface area contributed by atoms with Gasteiger partial charge in [-0.05, 0) is 42.8 Å².